The summed E-state index contributed by atoms with van der Waals surface area (Å²) in [6.45, 7) is -0.332. The monoisotopic (exact) mass is 439 g/mol. The van der Waals surface area contributed by atoms with Crippen molar-refractivity contribution < 1.29 is 59.5 Å². The smallest absolute Gasteiger partial charge is 0.364 e. The normalized spacial score (nSPS) is 39.2. The van der Waals surface area contributed by atoms with Gasteiger partial charge in [-0.2, -0.15) is 0 Å². The number of carbonyl (C=O) groups is 2. The van der Waals surface area contributed by atoms with E-state index in [1.165, 1.54) is 0 Å². The number of rotatable bonds is 8. The molecule has 0 aromatic carbocycles. The first-order valence-electron chi connectivity index (χ1n) is 9.45. The molecule has 0 radical (unpaired) electrons. The summed E-state index contributed by atoms with van der Waals surface area (Å²) in [6, 6.07) is -1.29. The number of carboxylic acids is 1. The van der Waals surface area contributed by atoms with Crippen LogP contribution < -0.4 is 5.32 Å². The summed E-state index contributed by atoms with van der Waals surface area (Å²) in [4.78, 5) is 23.4. The van der Waals surface area contributed by atoms with Gasteiger partial charge < -0.3 is 55.3 Å². The van der Waals surface area contributed by atoms with E-state index in [1.807, 2.05) is 0 Å². The van der Waals surface area contributed by atoms with E-state index in [9.17, 15) is 40.2 Å². The van der Waals surface area contributed by atoms with Crippen molar-refractivity contribution in [3.8, 4) is 0 Å². The number of aliphatic hydroxyl groups excluding tert-OH is 6. The highest BCUT2D eigenvalue weighted by molar-refractivity contribution is 5.76. The molecule has 8 N–H and O–H groups in total. The first kappa shape index (κ1) is 24.8. The Labute approximate surface area is 171 Å². The van der Waals surface area contributed by atoms with Gasteiger partial charge in [-0.15, -0.1) is 0 Å². The van der Waals surface area contributed by atoms with Gasteiger partial charge in [0.1, 0.15) is 24.4 Å². The number of aliphatic carboxylic acids is 1. The fourth-order valence-electron chi connectivity index (χ4n) is 3.46. The van der Waals surface area contributed by atoms with Gasteiger partial charge in [-0.25, -0.2) is 4.79 Å². The van der Waals surface area contributed by atoms with Gasteiger partial charge in [0, 0.05) is 19.8 Å². The van der Waals surface area contributed by atoms with Crippen molar-refractivity contribution in [3.05, 3.63) is 0 Å². The third kappa shape index (κ3) is 5.63. The standard InChI is InChI=1S/C17H29NO12/c1-7(20)18-13-10(22)3-17(16(26)27,30-15(13)14(25)11(23)4-19)29-5-8-2-9(21)12(24)6-28-8/h8-15,19,21-25H,2-6H2,1H3,(H,18,20)(H,26,27)/t8?,9?,10?,11-,12?,13?,14+,15?,17?/m1/s1. The third-order valence-corrected chi connectivity index (χ3v) is 5.14. The van der Waals surface area contributed by atoms with Gasteiger partial charge in [0.2, 0.25) is 5.91 Å². The Kier molecular flexibility index (Phi) is 8.50. The molecule has 30 heavy (non-hydrogen) atoms. The summed E-state index contributed by atoms with van der Waals surface area (Å²) in [5.41, 5.74) is 0. The number of aliphatic hydroxyl groups is 6. The second-order valence-corrected chi connectivity index (χ2v) is 7.52. The lowest BCUT2D eigenvalue weighted by atomic mass is 9.88. The SMILES string of the molecule is CC(=O)NC1C(O)CC(OCC2CC(O)C(O)CO2)(C(=O)O)OC1[C@@H](O)[C@H](O)CO. The molecular formula is C17H29NO12. The molecule has 0 aromatic heterocycles. The molecular weight excluding hydrogens is 410 g/mol. The lowest BCUT2D eigenvalue weighted by Crippen LogP contribution is -2.68. The Morgan fingerprint density at radius 2 is 1.87 bits per heavy atom. The molecule has 0 saturated carbocycles. The van der Waals surface area contributed by atoms with Gasteiger partial charge in [0.05, 0.1) is 44.2 Å². The highest BCUT2D eigenvalue weighted by Gasteiger charge is 2.56. The first-order valence-corrected chi connectivity index (χ1v) is 9.45. The van der Waals surface area contributed by atoms with Crippen molar-refractivity contribution in [2.75, 3.05) is 19.8 Å². The lowest BCUT2D eigenvalue weighted by molar-refractivity contribution is -0.317. The molecule has 2 aliphatic heterocycles. The van der Waals surface area contributed by atoms with Crippen LogP contribution in [0.25, 0.3) is 0 Å². The van der Waals surface area contributed by atoms with E-state index in [-0.39, 0.29) is 19.6 Å². The second-order valence-electron chi connectivity index (χ2n) is 7.52. The van der Waals surface area contributed by atoms with Crippen LogP contribution in [0, 0.1) is 0 Å². The van der Waals surface area contributed by atoms with Gasteiger partial charge in [-0.3, -0.25) is 4.79 Å². The predicted molar refractivity (Wildman–Crippen MR) is 94.9 cm³/mol. The molecule has 2 saturated heterocycles. The highest BCUT2D eigenvalue weighted by Crippen LogP contribution is 2.34. The molecule has 0 aromatic rings. The number of ether oxygens (including phenoxy) is 3. The molecule has 2 fully saturated rings. The van der Waals surface area contributed by atoms with E-state index >= 15 is 0 Å². The van der Waals surface area contributed by atoms with E-state index in [1.54, 1.807) is 0 Å². The maximum atomic E-state index is 12.0. The molecule has 0 bridgehead atoms. The Bertz CT molecular complexity index is 605. The molecule has 9 atom stereocenters. The first-order chi connectivity index (χ1) is 14.0. The van der Waals surface area contributed by atoms with Crippen LogP contribution in [0.1, 0.15) is 19.8 Å². The Balaban J connectivity index is 2.21. The number of nitrogens with one attached hydrogen (secondary N) is 1. The predicted octanol–water partition coefficient (Wildman–Crippen LogP) is -4.34. The van der Waals surface area contributed by atoms with Crippen molar-refractivity contribution in [2.24, 2.45) is 0 Å². The molecule has 13 heteroatoms. The molecule has 0 aliphatic carbocycles. The third-order valence-electron chi connectivity index (χ3n) is 5.14. The van der Waals surface area contributed by atoms with E-state index in [2.05, 4.69) is 5.32 Å². The molecule has 1 amide bonds. The summed E-state index contributed by atoms with van der Waals surface area (Å²) in [6.07, 6.45) is -10.4. The van der Waals surface area contributed by atoms with Crippen molar-refractivity contribution in [1.82, 2.24) is 5.32 Å². The summed E-state index contributed by atoms with van der Waals surface area (Å²) in [5.74, 6) is -4.72. The van der Waals surface area contributed by atoms with E-state index in [4.69, 9.17) is 19.3 Å². The number of carboxylic acid groups (broad SMARTS) is 1. The topological polar surface area (TPSA) is 215 Å². The van der Waals surface area contributed by atoms with Crippen LogP contribution in [0.2, 0.25) is 0 Å². The molecule has 2 heterocycles. The lowest BCUT2D eigenvalue weighted by Gasteiger charge is -2.46. The minimum Gasteiger partial charge on any atom is -0.477 e. The minimum absolute atomic E-state index is 0.0385. The Morgan fingerprint density at radius 3 is 2.40 bits per heavy atom. The minimum atomic E-state index is -2.47. The second kappa shape index (κ2) is 10.3. The Morgan fingerprint density at radius 1 is 1.20 bits per heavy atom. The fraction of sp³-hybridized carbons (Fsp3) is 0.882. The summed E-state index contributed by atoms with van der Waals surface area (Å²) >= 11 is 0. The average Bonchev–Trinajstić information content (AvgIpc) is 2.69. The summed E-state index contributed by atoms with van der Waals surface area (Å²) in [7, 11) is 0. The number of hydrogen-bond donors (Lipinski definition) is 8. The largest absolute Gasteiger partial charge is 0.477 e. The van der Waals surface area contributed by atoms with Crippen LogP contribution >= 0.6 is 0 Å². The van der Waals surface area contributed by atoms with Crippen molar-refractivity contribution >= 4 is 11.9 Å². The summed E-state index contributed by atoms with van der Waals surface area (Å²) in [5, 5.41) is 70.9. The molecule has 0 spiro atoms. The van der Waals surface area contributed by atoms with Crippen LogP contribution in [-0.4, -0.2) is 122 Å². The highest BCUT2D eigenvalue weighted by atomic mass is 16.7. The number of hydrogen-bond acceptors (Lipinski definition) is 11. The van der Waals surface area contributed by atoms with Gasteiger partial charge in [0.15, 0.2) is 0 Å². The zero-order chi connectivity index (χ0) is 22.6. The van der Waals surface area contributed by atoms with E-state index in [0.717, 1.165) is 6.92 Å². The maximum Gasteiger partial charge on any atom is 0.364 e. The molecule has 2 rings (SSSR count). The average molecular weight is 439 g/mol. The molecule has 2 aliphatic rings. The van der Waals surface area contributed by atoms with Crippen molar-refractivity contribution in [1.29, 1.82) is 0 Å². The van der Waals surface area contributed by atoms with Crippen LogP contribution in [0.4, 0.5) is 0 Å². The van der Waals surface area contributed by atoms with Gasteiger partial charge in [0.25, 0.3) is 5.79 Å². The van der Waals surface area contributed by atoms with Crippen molar-refractivity contribution in [3.63, 3.8) is 0 Å². The van der Waals surface area contributed by atoms with Crippen LogP contribution in [-0.2, 0) is 23.8 Å². The van der Waals surface area contributed by atoms with Crippen molar-refractivity contribution in [2.45, 2.75) is 74.3 Å². The zero-order valence-electron chi connectivity index (χ0n) is 16.3. The number of amides is 1. The van der Waals surface area contributed by atoms with Gasteiger partial charge in [-0.05, 0) is 0 Å². The molecule has 13 nitrogen and oxygen atoms in total. The molecule has 174 valence electrons. The Hall–Kier alpha value is -1.42. The van der Waals surface area contributed by atoms with Crippen LogP contribution in [0.3, 0.4) is 0 Å². The van der Waals surface area contributed by atoms with Crippen LogP contribution in [0.5, 0.6) is 0 Å². The quantitative estimate of drug-likeness (QED) is 0.180. The maximum absolute atomic E-state index is 12.0. The zero-order valence-corrected chi connectivity index (χ0v) is 16.3. The van der Waals surface area contributed by atoms with E-state index in [0.29, 0.717) is 0 Å². The molecule has 7 unspecified atom stereocenters. The van der Waals surface area contributed by atoms with Gasteiger partial charge in [-0.1, -0.05) is 0 Å². The fourth-order valence-corrected chi connectivity index (χ4v) is 3.46. The van der Waals surface area contributed by atoms with Gasteiger partial charge >= 0.3 is 5.97 Å². The van der Waals surface area contributed by atoms with Crippen LogP contribution in [0.15, 0.2) is 0 Å². The van der Waals surface area contributed by atoms with E-state index < -0.39 is 79.5 Å². The summed E-state index contributed by atoms with van der Waals surface area (Å²) < 4.78 is 16.1. The number of carbonyl (C=O) groups excluding carboxylic acids is 1.